The van der Waals surface area contributed by atoms with Crippen molar-refractivity contribution in [3.05, 3.63) is 48.5 Å². The number of thioether (sulfide) groups is 1. The number of nitrogens with zero attached hydrogens (tertiary/aromatic N) is 1. The molecule has 1 amide bonds. The van der Waals surface area contributed by atoms with Gasteiger partial charge in [-0.25, -0.2) is 8.42 Å². The zero-order chi connectivity index (χ0) is 24.6. The van der Waals surface area contributed by atoms with Crippen LogP contribution in [0.15, 0.2) is 58.3 Å². The lowest BCUT2D eigenvalue weighted by molar-refractivity contribution is -0.125. The molecular formula is C27H34N2O4S2. The molecule has 0 atom stereocenters. The summed E-state index contributed by atoms with van der Waals surface area (Å²) < 4.78 is 34.7. The molecule has 2 aromatic rings. The van der Waals surface area contributed by atoms with Crippen LogP contribution in [-0.2, 0) is 14.8 Å². The second kappa shape index (κ2) is 9.69. The molecule has 35 heavy (non-hydrogen) atoms. The van der Waals surface area contributed by atoms with Crippen LogP contribution in [0.2, 0.25) is 0 Å². The van der Waals surface area contributed by atoms with E-state index < -0.39 is 10.0 Å². The topological polar surface area (TPSA) is 75.7 Å². The number of para-hydroxylation sites is 2. The van der Waals surface area contributed by atoms with Gasteiger partial charge in [0.1, 0.15) is 12.3 Å². The fraction of sp³-hybridized carbons (Fsp3) is 0.519. The van der Waals surface area contributed by atoms with Gasteiger partial charge in [0, 0.05) is 10.4 Å². The largest absolute Gasteiger partial charge is 0.492 e. The number of ether oxygens (including phenoxy) is 1. The fourth-order valence-electron chi connectivity index (χ4n) is 6.84. The Morgan fingerprint density at radius 3 is 2.20 bits per heavy atom. The Kier molecular flexibility index (Phi) is 6.79. The number of rotatable bonds is 9. The van der Waals surface area contributed by atoms with Crippen LogP contribution < -0.4 is 14.4 Å². The second-order valence-electron chi connectivity index (χ2n) is 10.3. The molecule has 0 radical (unpaired) electrons. The molecule has 8 heteroatoms. The third kappa shape index (κ3) is 4.92. The van der Waals surface area contributed by atoms with Gasteiger partial charge in [-0.15, -0.1) is 11.8 Å². The molecule has 0 spiro atoms. The minimum atomic E-state index is -4.00. The van der Waals surface area contributed by atoms with Gasteiger partial charge in [-0.05, 0) is 106 Å². The molecule has 0 heterocycles. The predicted octanol–water partition coefficient (Wildman–Crippen LogP) is 5.09. The lowest BCUT2D eigenvalue weighted by Gasteiger charge is -2.57. The Balaban J connectivity index is 1.45. The van der Waals surface area contributed by atoms with E-state index in [0.29, 0.717) is 35.8 Å². The number of amides is 1. The van der Waals surface area contributed by atoms with E-state index in [-0.39, 0.29) is 22.9 Å². The van der Waals surface area contributed by atoms with Crippen molar-refractivity contribution in [1.29, 1.82) is 0 Å². The number of benzene rings is 2. The number of hydrogen-bond donors (Lipinski definition) is 1. The monoisotopic (exact) mass is 514 g/mol. The summed E-state index contributed by atoms with van der Waals surface area (Å²) >= 11 is 1.55. The highest BCUT2D eigenvalue weighted by atomic mass is 32.2. The van der Waals surface area contributed by atoms with Gasteiger partial charge in [-0.3, -0.25) is 9.10 Å². The molecule has 4 fully saturated rings. The number of sulfonamides is 1. The molecule has 2 aromatic carbocycles. The highest BCUT2D eigenvalue weighted by Gasteiger charge is 2.51. The van der Waals surface area contributed by atoms with Crippen LogP contribution in [0.25, 0.3) is 0 Å². The molecule has 4 saturated carbocycles. The van der Waals surface area contributed by atoms with Crippen LogP contribution >= 0.6 is 11.8 Å². The number of hydrogen-bond acceptors (Lipinski definition) is 5. The van der Waals surface area contributed by atoms with E-state index in [1.54, 1.807) is 54.2 Å². The van der Waals surface area contributed by atoms with Crippen LogP contribution in [0.1, 0.15) is 45.4 Å². The third-order valence-corrected chi connectivity index (χ3v) is 10.3. The van der Waals surface area contributed by atoms with Crippen molar-refractivity contribution in [2.75, 3.05) is 23.7 Å². The van der Waals surface area contributed by atoms with Crippen molar-refractivity contribution < 1.29 is 17.9 Å². The Hall–Kier alpha value is -2.19. The SMILES string of the molecule is CCOc1ccccc1N(CC(=O)NC12CC3CC(CC(C3)C1)C2)S(=O)(=O)c1ccc(SC)cc1. The Morgan fingerprint density at radius 2 is 1.63 bits per heavy atom. The molecule has 6 nitrogen and oxygen atoms in total. The van der Waals surface area contributed by atoms with Gasteiger partial charge in [0.05, 0.1) is 17.2 Å². The first kappa shape index (κ1) is 24.5. The summed E-state index contributed by atoms with van der Waals surface area (Å²) in [6.07, 6.45) is 8.84. The molecule has 0 aromatic heterocycles. The van der Waals surface area contributed by atoms with Gasteiger partial charge in [0.15, 0.2) is 0 Å². The predicted molar refractivity (Wildman–Crippen MR) is 139 cm³/mol. The van der Waals surface area contributed by atoms with Crippen molar-refractivity contribution >= 4 is 33.4 Å². The van der Waals surface area contributed by atoms with Gasteiger partial charge < -0.3 is 10.1 Å². The van der Waals surface area contributed by atoms with Crippen LogP contribution in [0, 0.1) is 17.8 Å². The van der Waals surface area contributed by atoms with E-state index in [4.69, 9.17) is 4.74 Å². The zero-order valence-electron chi connectivity index (χ0n) is 20.4. The summed E-state index contributed by atoms with van der Waals surface area (Å²) in [4.78, 5) is 14.6. The standard InChI is InChI=1S/C27H34N2O4S2/c1-3-33-25-7-5-4-6-24(25)29(35(31,32)23-10-8-22(34-2)9-11-23)18-26(30)28-27-15-19-12-20(16-27)14-21(13-19)17-27/h4-11,19-21H,3,12-18H2,1-2H3,(H,28,30). The molecule has 4 aliphatic carbocycles. The van der Waals surface area contributed by atoms with E-state index in [2.05, 4.69) is 5.32 Å². The van der Waals surface area contributed by atoms with Crippen molar-refractivity contribution in [2.24, 2.45) is 17.8 Å². The Bertz CT molecular complexity index is 1140. The summed E-state index contributed by atoms with van der Waals surface area (Å²) in [5, 5.41) is 3.33. The van der Waals surface area contributed by atoms with Gasteiger partial charge in [0.2, 0.25) is 5.91 Å². The van der Waals surface area contributed by atoms with Crippen molar-refractivity contribution in [1.82, 2.24) is 5.32 Å². The lowest BCUT2D eigenvalue weighted by Crippen LogP contribution is -2.61. The summed E-state index contributed by atoms with van der Waals surface area (Å²) in [5.74, 6) is 2.27. The van der Waals surface area contributed by atoms with Gasteiger partial charge in [0.25, 0.3) is 10.0 Å². The normalized spacial score (nSPS) is 27.0. The van der Waals surface area contributed by atoms with E-state index in [0.717, 1.165) is 24.2 Å². The van der Waals surface area contributed by atoms with Gasteiger partial charge >= 0.3 is 0 Å². The molecule has 0 aliphatic heterocycles. The highest BCUT2D eigenvalue weighted by Crippen LogP contribution is 2.55. The highest BCUT2D eigenvalue weighted by molar-refractivity contribution is 7.98. The smallest absolute Gasteiger partial charge is 0.264 e. The minimum Gasteiger partial charge on any atom is -0.492 e. The number of nitrogens with one attached hydrogen (secondary N) is 1. The molecule has 6 rings (SSSR count). The molecule has 4 bridgehead atoms. The molecule has 0 saturated heterocycles. The van der Waals surface area contributed by atoms with Gasteiger partial charge in [-0.1, -0.05) is 12.1 Å². The molecule has 4 aliphatic rings. The van der Waals surface area contributed by atoms with E-state index in [1.807, 2.05) is 19.2 Å². The average Bonchev–Trinajstić information content (AvgIpc) is 2.82. The molecule has 188 valence electrons. The quantitative estimate of drug-likeness (QED) is 0.472. The number of anilines is 1. The van der Waals surface area contributed by atoms with Gasteiger partial charge in [-0.2, -0.15) is 0 Å². The summed E-state index contributed by atoms with van der Waals surface area (Å²) in [5.41, 5.74) is 0.199. The van der Waals surface area contributed by atoms with Crippen molar-refractivity contribution in [3.8, 4) is 5.75 Å². The van der Waals surface area contributed by atoms with Crippen LogP contribution in [0.3, 0.4) is 0 Å². The average molecular weight is 515 g/mol. The summed E-state index contributed by atoms with van der Waals surface area (Å²) in [7, 11) is -4.00. The Morgan fingerprint density at radius 1 is 1.03 bits per heavy atom. The van der Waals surface area contributed by atoms with E-state index in [9.17, 15) is 13.2 Å². The van der Waals surface area contributed by atoms with Crippen molar-refractivity contribution in [3.63, 3.8) is 0 Å². The van der Waals surface area contributed by atoms with Crippen molar-refractivity contribution in [2.45, 2.75) is 60.8 Å². The molecule has 0 unspecified atom stereocenters. The zero-order valence-corrected chi connectivity index (χ0v) is 22.0. The Labute approximate surface area is 212 Å². The first-order valence-corrected chi connectivity index (χ1v) is 15.2. The number of carbonyl (C=O) groups excluding carboxylic acids is 1. The third-order valence-electron chi connectivity index (χ3n) is 7.81. The van der Waals surface area contributed by atoms with E-state index in [1.165, 1.54) is 23.6 Å². The molecular weight excluding hydrogens is 480 g/mol. The van der Waals surface area contributed by atoms with E-state index >= 15 is 0 Å². The number of carbonyl (C=O) groups is 1. The van der Waals surface area contributed by atoms with Crippen LogP contribution in [-0.4, -0.2) is 39.3 Å². The van der Waals surface area contributed by atoms with Crippen LogP contribution in [0.4, 0.5) is 5.69 Å². The lowest BCUT2D eigenvalue weighted by atomic mass is 9.53. The summed E-state index contributed by atoms with van der Waals surface area (Å²) in [6, 6.07) is 13.8. The first-order valence-electron chi connectivity index (χ1n) is 12.5. The maximum atomic E-state index is 13.9. The fourth-order valence-corrected chi connectivity index (χ4v) is 8.68. The summed E-state index contributed by atoms with van der Waals surface area (Å²) in [6.45, 7) is 1.97. The minimum absolute atomic E-state index is 0.157. The molecule has 1 N–H and O–H groups in total. The first-order chi connectivity index (χ1) is 16.8. The maximum Gasteiger partial charge on any atom is 0.264 e. The second-order valence-corrected chi connectivity index (χ2v) is 13.1. The van der Waals surface area contributed by atoms with Crippen LogP contribution in [0.5, 0.6) is 5.75 Å². The maximum absolute atomic E-state index is 13.9.